The number of methoxy groups -OCH3 is 3. The van der Waals surface area contributed by atoms with E-state index in [1.165, 1.54) is 50.5 Å². The van der Waals surface area contributed by atoms with E-state index in [-0.39, 0.29) is 17.5 Å². The monoisotopic (exact) mass is 516 g/mol. The summed E-state index contributed by atoms with van der Waals surface area (Å²) in [5.41, 5.74) is 1.69. The molecule has 2 atom stereocenters. The van der Waals surface area contributed by atoms with Crippen LogP contribution in [0.3, 0.4) is 0 Å². The molecule has 9 heteroatoms. The Morgan fingerprint density at radius 1 is 0.868 bits per heavy atom. The number of anilines is 1. The van der Waals surface area contributed by atoms with Gasteiger partial charge in [0.05, 0.1) is 45.0 Å². The van der Waals surface area contributed by atoms with Gasteiger partial charge in [-0.25, -0.2) is 9.69 Å². The molecule has 9 nitrogen and oxygen atoms in total. The van der Waals surface area contributed by atoms with Crippen molar-refractivity contribution < 1.29 is 33.4 Å². The molecule has 1 aliphatic rings. The number of carbonyl (C=O) groups is 4. The number of nitrogens with zero attached hydrogens (tertiary/aromatic N) is 2. The van der Waals surface area contributed by atoms with E-state index in [0.717, 1.165) is 10.5 Å². The summed E-state index contributed by atoms with van der Waals surface area (Å²) in [5, 5.41) is 0. The number of carbonyl (C=O) groups excluding carboxylic acids is 4. The van der Waals surface area contributed by atoms with Crippen LogP contribution in [0.15, 0.2) is 72.8 Å². The summed E-state index contributed by atoms with van der Waals surface area (Å²) in [7, 11) is 4.24. The molecule has 1 heterocycles. The van der Waals surface area contributed by atoms with E-state index in [1.54, 1.807) is 18.2 Å². The van der Waals surface area contributed by atoms with Crippen LogP contribution in [0.1, 0.15) is 45.7 Å². The zero-order valence-electron chi connectivity index (χ0n) is 21.5. The summed E-state index contributed by atoms with van der Waals surface area (Å²) >= 11 is 0. The summed E-state index contributed by atoms with van der Waals surface area (Å²) < 4.78 is 15.4. The quantitative estimate of drug-likeness (QED) is 0.329. The van der Waals surface area contributed by atoms with Crippen molar-refractivity contribution in [3.05, 3.63) is 89.5 Å². The lowest BCUT2D eigenvalue weighted by molar-refractivity contribution is -0.123. The molecule has 3 amide bonds. The fourth-order valence-electron chi connectivity index (χ4n) is 4.57. The van der Waals surface area contributed by atoms with Crippen LogP contribution < -0.4 is 14.4 Å². The maximum atomic E-state index is 14.0. The lowest BCUT2D eigenvalue weighted by Crippen LogP contribution is -2.46. The molecular formula is C29H28N2O7. The van der Waals surface area contributed by atoms with Gasteiger partial charge in [-0.05, 0) is 55.0 Å². The Morgan fingerprint density at radius 3 is 2.11 bits per heavy atom. The second-order valence-corrected chi connectivity index (χ2v) is 8.69. The molecule has 3 aromatic rings. The SMILES string of the molecule is COC(=O)c1ccc(N2C(=O)CC(N(C(=O)c3ccc(OC)c(OC)c3)C(C)c3ccccc3)C2=O)cc1. The third-order valence-corrected chi connectivity index (χ3v) is 6.57. The first-order valence-corrected chi connectivity index (χ1v) is 12.0. The van der Waals surface area contributed by atoms with Crippen LogP contribution in [0.25, 0.3) is 0 Å². The second-order valence-electron chi connectivity index (χ2n) is 8.69. The fourth-order valence-corrected chi connectivity index (χ4v) is 4.57. The summed E-state index contributed by atoms with van der Waals surface area (Å²) in [4.78, 5) is 55.1. The van der Waals surface area contributed by atoms with E-state index in [1.807, 2.05) is 37.3 Å². The molecule has 2 unspecified atom stereocenters. The molecule has 38 heavy (non-hydrogen) atoms. The molecule has 3 aromatic carbocycles. The van der Waals surface area contributed by atoms with Crippen molar-refractivity contribution in [2.75, 3.05) is 26.2 Å². The van der Waals surface area contributed by atoms with Crippen LogP contribution in [-0.2, 0) is 14.3 Å². The zero-order chi connectivity index (χ0) is 27.4. The summed E-state index contributed by atoms with van der Waals surface area (Å²) in [6.45, 7) is 1.82. The Labute approximate surface area is 220 Å². The van der Waals surface area contributed by atoms with Gasteiger partial charge in [-0.1, -0.05) is 30.3 Å². The predicted molar refractivity (Wildman–Crippen MR) is 139 cm³/mol. The largest absolute Gasteiger partial charge is 0.493 e. The molecule has 4 rings (SSSR count). The first kappa shape index (κ1) is 26.4. The van der Waals surface area contributed by atoms with Gasteiger partial charge in [0.2, 0.25) is 5.91 Å². The molecule has 0 radical (unpaired) electrons. The summed E-state index contributed by atoms with van der Waals surface area (Å²) in [6.07, 6.45) is -0.187. The predicted octanol–water partition coefficient (Wildman–Crippen LogP) is 4.03. The Morgan fingerprint density at radius 2 is 1.50 bits per heavy atom. The number of benzene rings is 3. The lowest BCUT2D eigenvalue weighted by Gasteiger charge is -2.34. The van der Waals surface area contributed by atoms with Crippen LogP contribution in [0.4, 0.5) is 5.69 Å². The first-order valence-electron chi connectivity index (χ1n) is 12.0. The van der Waals surface area contributed by atoms with Crippen molar-refractivity contribution in [1.82, 2.24) is 4.90 Å². The molecule has 196 valence electrons. The molecule has 0 aliphatic carbocycles. The van der Waals surface area contributed by atoms with Crippen molar-refractivity contribution in [2.45, 2.75) is 25.4 Å². The highest BCUT2D eigenvalue weighted by molar-refractivity contribution is 6.23. The Kier molecular flexibility index (Phi) is 7.76. The van der Waals surface area contributed by atoms with Gasteiger partial charge in [0.25, 0.3) is 11.8 Å². The van der Waals surface area contributed by atoms with E-state index in [0.29, 0.717) is 17.2 Å². The average Bonchev–Trinajstić information content (AvgIpc) is 3.25. The number of rotatable bonds is 8. The highest BCUT2D eigenvalue weighted by Gasteiger charge is 2.46. The van der Waals surface area contributed by atoms with E-state index in [9.17, 15) is 19.2 Å². The van der Waals surface area contributed by atoms with Crippen LogP contribution in [0.2, 0.25) is 0 Å². The third-order valence-electron chi connectivity index (χ3n) is 6.57. The van der Waals surface area contributed by atoms with Gasteiger partial charge < -0.3 is 19.1 Å². The maximum absolute atomic E-state index is 14.0. The van der Waals surface area contributed by atoms with Crippen molar-refractivity contribution in [3.63, 3.8) is 0 Å². The third kappa shape index (κ3) is 4.95. The lowest BCUT2D eigenvalue weighted by atomic mass is 10.0. The second kappa shape index (κ2) is 11.2. The minimum atomic E-state index is -1.04. The van der Waals surface area contributed by atoms with Gasteiger partial charge in [0, 0.05) is 5.56 Å². The minimum Gasteiger partial charge on any atom is -0.493 e. The molecule has 1 aliphatic heterocycles. The molecule has 0 saturated carbocycles. The van der Waals surface area contributed by atoms with Gasteiger partial charge >= 0.3 is 5.97 Å². The Bertz CT molecular complexity index is 1360. The molecule has 1 saturated heterocycles. The average molecular weight is 517 g/mol. The van der Waals surface area contributed by atoms with E-state index in [4.69, 9.17) is 14.2 Å². The van der Waals surface area contributed by atoms with E-state index in [2.05, 4.69) is 0 Å². The molecule has 0 aromatic heterocycles. The van der Waals surface area contributed by atoms with Crippen molar-refractivity contribution >= 4 is 29.4 Å². The van der Waals surface area contributed by atoms with Crippen LogP contribution in [0, 0.1) is 0 Å². The molecule has 1 fully saturated rings. The number of imide groups is 1. The minimum absolute atomic E-state index is 0.187. The fraction of sp³-hybridized carbons (Fsp3) is 0.241. The molecular weight excluding hydrogens is 488 g/mol. The normalized spacial score (nSPS) is 15.7. The van der Waals surface area contributed by atoms with Crippen molar-refractivity contribution in [2.24, 2.45) is 0 Å². The first-order chi connectivity index (χ1) is 18.3. The van der Waals surface area contributed by atoms with E-state index >= 15 is 0 Å². The highest BCUT2D eigenvalue weighted by Crippen LogP contribution is 2.34. The van der Waals surface area contributed by atoms with Crippen LogP contribution in [-0.4, -0.2) is 56.0 Å². The van der Waals surface area contributed by atoms with Gasteiger partial charge in [-0.3, -0.25) is 14.4 Å². The topological polar surface area (TPSA) is 102 Å². The number of hydrogen-bond donors (Lipinski definition) is 0. The van der Waals surface area contributed by atoms with Crippen LogP contribution >= 0.6 is 0 Å². The zero-order valence-corrected chi connectivity index (χ0v) is 21.5. The van der Waals surface area contributed by atoms with Crippen LogP contribution in [0.5, 0.6) is 11.5 Å². The number of ether oxygens (including phenoxy) is 3. The standard InChI is InChI=1S/C29H28N2O7/c1-18(19-8-6-5-7-9-19)30(27(33)21-12-15-24(36-2)25(16-21)37-3)23-17-26(32)31(28(23)34)22-13-10-20(11-14-22)29(35)38-4/h5-16,18,23H,17H2,1-4H3. The molecule has 0 spiro atoms. The summed E-state index contributed by atoms with van der Waals surface area (Å²) in [6, 6.07) is 18.5. The molecule has 0 bridgehead atoms. The van der Waals surface area contributed by atoms with E-state index < -0.39 is 35.8 Å². The molecule has 0 N–H and O–H groups in total. The van der Waals surface area contributed by atoms with Crippen molar-refractivity contribution in [3.8, 4) is 11.5 Å². The van der Waals surface area contributed by atoms with Gasteiger partial charge in [-0.2, -0.15) is 0 Å². The van der Waals surface area contributed by atoms with Gasteiger partial charge in [0.15, 0.2) is 11.5 Å². The summed E-state index contributed by atoms with van der Waals surface area (Å²) in [5.74, 6) is -1.12. The van der Waals surface area contributed by atoms with Gasteiger partial charge in [-0.15, -0.1) is 0 Å². The number of amides is 3. The smallest absolute Gasteiger partial charge is 0.337 e. The van der Waals surface area contributed by atoms with Gasteiger partial charge in [0.1, 0.15) is 6.04 Å². The Balaban J connectivity index is 1.72. The Hall–Kier alpha value is -4.66. The number of esters is 1. The number of hydrogen-bond acceptors (Lipinski definition) is 7. The maximum Gasteiger partial charge on any atom is 0.337 e. The van der Waals surface area contributed by atoms with Crippen molar-refractivity contribution in [1.29, 1.82) is 0 Å². The highest BCUT2D eigenvalue weighted by atomic mass is 16.5.